The minimum absolute atomic E-state index is 0.0185. The van der Waals surface area contributed by atoms with Crippen LogP contribution in [0.15, 0.2) is 53.6 Å². The predicted molar refractivity (Wildman–Crippen MR) is 127 cm³/mol. The first-order valence-electron chi connectivity index (χ1n) is 10.0. The Labute approximate surface area is 185 Å². The van der Waals surface area contributed by atoms with Gasteiger partial charge in [-0.15, -0.1) is 0 Å². The van der Waals surface area contributed by atoms with Gasteiger partial charge in [-0.05, 0) is 60.7 Å². The second-order valence-corrected chi connectivity index (χ2v) is 9.45. The number of nitrogens with zero attached hydrogens (tertiary/aromatic N) is 2. The summed E-state index contributed by atoms with van der Waals surface area (Å²) in [4.78, 5) is 2.04. The summed E-state index contributed by atoms with van der Waals surface area (Å²) in [7, 11) is 1.63. The van der Waals surface area contributed by atoms with E-state index in [9.17, 15) is 13.0 Å². The van der Waals surface area contributed by atoms with Crippen LogP contribution in [0.4, 0.5) is 5.69 Å². The van der Waals surface area contributed by atoms with E-state index in [0.29, 0.717) is 11.1 Å². The summed E-state index contributed by atoms with van der Waals surface area (Å²) in [5, 5.41) is 0. The number of rotatable bonds is 5. The zero-order valence-electron chi connectivity index (χ0n) is 18.8. The molecule has 0 spiro atoms. The minimum Gasteiger partial charge on any atom is -0.378 e. The molecule has 3 rings (SSSR count). The number of benzene rings is 2. The van der Waals surface area contributed by atoms with Crippen molar-refractivity contribution in [2.24, 2.45) is 7.05 Å². The smallest absolute Gasteiger partial charge is 0.295 e. The van der Waals surface area contributed by atoms with E-state index in [1.54, 1.807) is 19.9 Å². The Balaban J connectivity index is 2.06. The molecule has 0 bridgehead atoms. The average molecular weight is 438 g/mol. The molecule has 1 heterocycles. The molecule has 6 heteroatoms. The summed E-state index contributed by atoms with van der Waals surface area (Å²) in [6, 6.07) is 14.1. The Hall–Kier alpha value is -2.96. The summed E-state index contributed by atoms with van der Waals surface area (Å²) in [5.74, 6) is 0. The number of aromatic nitrogens is 1. The molecule has 0 atom stereocenters. The molecule has 5 nitrogen and oxygen atoms in total. The van der Waals surface area contributed by atoms with E-state index in [-0.39, 0.29) is 4.90 Å². The molecule has 0 saturated heterocycles. The molecular formula is C25H29N2O3S+. The van der Waals surface area contributed by atoms with Gasteiger partial charge in [0.1, 0.15) is 11.9 Å². The van der Waals surface area contributed by atoms with Crippen molar-refractivity contribution in [3.63, 3.8) is 0 Å². The molecule has 2 aromatic carbocycles. The highest BCUT2D eigenvalue weighted by Gasteiger charge is 2.24. The van der Waals surface area contributed by atoms with Gasteiger partial charge in [0.05, 0.1) is 5.56 Å². The van der Waals surface area contributed by atoms with E-state index in [1.807, 2.05) is 57.0 Å². The third-order valence-corrected chi connectivity index (χ3v) is 6.61. The Kier molecular flexibility index (Phi) is 6.34. The molecule has 0 saturated carbocycles. The highest BCUT2D eigenvalue weighted by Crippen LogP contribution is 2.32. The van der Waals surface area contributed by atoms with Gasteiger partial charge in [-0.2, -0.15) is 8.42 Å². The molecule has 0 unspecified atom stereocenters. The second-order valence-electron chi connectivity index (χ2n) is 8.09. The topological polar surface area (TPSA) is 61.5 Å². The first-order valence-corrected chi connectivity index (χ1v) is 11.5. The molecular weight excluding hydrogens is 408 g/mol. The molecule has 0 aliphatic carbocycles. The van der Waals surface area contributed by atoms with E-state index >= 15 is 0 Å². The van der Waals surface area contributed by atoms with Gasteiger partial charge in [-0.3, -0.25) is 4.55 Å². The molecule has 3 aromatic rings. The predicted octanol–water partition coefficient (Wildman–Crippen LogP) is 4.59. The lowest BCUT2D eigenvalue weighted by molar-refractivity contribution is -0.660. The summed E-state index contributed by atoms with van der Waals surface area (Å²) in [5.41, 5.74) is 6.98. The van der Waals surface area contributed by atoms with Crippen molar-refractivity contribution < 1.29 is 17.5 Å². The molecule has 0 aliphatic rings. The van der Waals surface area contributed by atoms with E-state index in [0.717, 1.165) is 33.6 Å². The quantitative estimate of drug-likeness (QED) is 0.469. The van der Waals surface area contributed by atoms with Crippen LogP contribution in [-0.2, 0) is 17.2 Å². The van der Waals surface area contributed by atoms with Gasteiger partial charge in [-0.1, -0.05) is 30.4 Å². The van der Waals surface area contributed by atoms with E-state index in [2.05, 4.69) is 35.2 Å². The van der Waals surface area contributed by atoms with Crippen LogP contribution in [0.3, 0.4) is 0 Å². The fourth-order valence-corrected chi connectivity index (χ4v) is 4.93. The molecule has 0 fully saturated rings. The standard InChI is InChI=1S/C25H28N2O3S/c1-17-15-18(2)25(31(28,29)30)19(3)24(17)23-16-21(13-14-27(23)6)8-7-20-9-11-22(12-10-20)26(4)5/h7-16H,1-6H3/p+1. The van der Waals surface area contributed by atoms with Crippen LogP contribution in [0.5, 0.6) is 0 Å². The maximum Gasteiger partial charge on any atom is 0.295 e. The van der Waals surface area contributed by atoms with Crippen LogP contribution in [-0.4, -0.2) is 27.1 Å². The van der Waals surface area contributed by atoms with Gasteiger partial charge in [0.25, 0.3) is 10.1 Å². The zero-order valence-corrected chi connectivity index (χ0v) is 19.7. The fraction of sp³-hybridized carbons (Fsp3) is 0.240. The summed E-state index contributed by atoms with van der Waals surface area (Å²) in [6.07, 6.45) is 6.05. The Morgan fingerprint density at radius 3 is 2.10 bits per heavy atom. The van der Waals surface area contributed by atoms with Crippen LogP contribution in [0, 0.1) is 20.8 Å². The maximum atomic E-state index is 12.0. The van der Waals surface area contributed by atoms with Gasteiger partial charge in [-0.25, -0.2) is 4.57 Å². The Bertz CT molecular complexity index is 1260. The van der Waals surface area contributed by atoms with E-state index < -0.39 is 10.1 Å². The van der Waals surface area contributed by atoms with Crippen LogP contribution in [0.1, 0.15) is 27.8 Å². The lowest BCUT2D eigenvalue weighted by Gasteiger charge is -2.14. The summed E-state index contributed by atoms with van der Waals surface area (Å²) in [6.45, 7) is 5.40. The van der Waals surface area contributed by atoms with E-state index in [1.165, 1.54) is 0 Å². The van der Waals surface area contributed by atoms with Crippen molar-refractivity contribution in [2.75, 3.05) is 19.0 Å². The average Bonchev–Trinajstić information content (AvgIpc) is 2.67. The van der Waals surface area contributed by atoms with Gasteiger partial charge < -0.3 is 4.90 Å². The van der Waals surface area contributed by atoms with Crippen LogP contribution in [0.2, 0.25) is 0 Å². The molecule has 162 valence electrons. The number of pyridine rings is 1. The highest BCUT2D eigenvalue weighted by molar-refractivity contribution is 7.86. The fourth-order valence-electron chi connectivity index (χ4n) is 3.97. The largest absolute Gasteiger partial charge is 0.378 e. The summed E-state index contributed by atoms with van der Waals surface area (Å²) >= 11 is 0. The monoisotopic (exact) mass is 437 g/mol. The van der Waals surface area contributed by atoms with Crippen LogP contribution >= 0.6 is 0 Å². The molecule has 0 radical (unpaired) electrons. The van der Waals surface area contributed by atoms with Crippen molar-refractivity contribution in [2.45, 2.75) is 25.7 Å². The van der Waals surface area contributed by atoms with Crippen molar-refractivity contribution in [1.29, 1.82) is 0 Å². The van der Waals surface area contributed by atoms with Gasteiger partial charge in [0.2, 0.25) is 5.69 Å². The lowest BCUT2D eigenvalue weighted by Crippen LogP contribution is -2.31. The third-order valence-electron chi connectivity index (χ3n) is 5.47. The number of anilines is 1. The van der Waals surface area contributed by atoms with Crippen molar-refractivity contribution in [1.82, 2.24) is 0 Å². The molecule has 31 heavy (non-hydrogen) atoms. The maximum absolute atomic E-state index is 12.0. The van der Waals surface area contributed by atoms with Gasteiger partial charge in [0.15, 0.2) is 6.20 Å². The number of hydrogen-bond donors (Lipinski definition) is 1. The van der Waals surface area contributed by atoms with Gasteiger partial charge in [0, 0.05) is 31.9 Å². The molecule has 0 amide bonds. The van der Waals surface area contributed by atoms with Crippen LogP contribution < -0.4 is 9.47 Å². The first-order chi connectivity index (χ1) is 14.5. The van der Waals surface area contributed by atoms with Gasteiger partial charge >= 0.3 is 0 Å². The Morgan fingerprint density at radius 2 is 1.52 bits per heavy atom. The normalized spacial score (nSPS) is 11.8. The molecule has 0 aliphatic heterocycles. The Morgan fingerprint density at radius 1 is 0.903 bits per heavy atom. The number of hydrogen-bond acceptors (Lipinski definition) is 3. The molecule has 1 aromatic heterocycles. The van der Waals surface area contributed by atoms with Crippen LogP contribution in [0.25, 0.3) is 23.4 Å². The van der Waals surface area contributed by atoms with Crippen molar-refractivity contribution >= 4 is 28.0 Å². The zero-order chi connectivity index (χ0) is 22.9. The van der Waals surface area contributed by atoms with E-state index in [4.69, 9.17) is 0 Å². The third kappa shape index (κ3) is 4.86. The van der Waals surface area contributed by atoms with Crippen molar-refractivity contribution in [3.05, 3.63) is 76.5 Å². The van der Waals surface area contributed by atoms with Crippen molar-refractivity contribution in [3.8, 4) is 11.3 Å². The highest BCUT2D eigenvalue weighted by atomic mass is 32.2. The second kappa shape index (κ2) is 8.65. The minimum atomic E-state index is -4.32. The first kappa shape index (κ1) is 22.7. The summed E-state index contributed by atoms with van der Waals surface area (Å²) < 4.78 is 35.7. The molecule has 1 N–H and O–H groups in total. The SMILES string of the molecule is Cc1cc(C)c(S(=O)(=O)O)c(C)c1-c1cc(/C=C/c2ccc(N(C)C)cc2)cc[n+]1C. The lowest BCUT2D eigenvalue weighted by atomic mass is 9.95. The number of aryl methyl sites for hydroxylation is 3.